The van der Waals surface area contributed by atoms with Gasteiger partial charge in [-0.2, -0.15) is 0 Å². The molecule has 2 aliphatic carbocycles. The van der Waals surface area contributed by atoms with Gasteiger partial charge < -0.3 is 0 Å². The highest BCUT2D eigenvalue weighted by Crippen LogP contribution is 2.61. The lowest BCUT2D eigenvalue weighted by Crippen LogP contribution is -2.33. The second kappa shape index (κ2) is 12.3. The Morgan fingerprint density at radius 2 is 0.917 bits per heavy atom. The van der Waals surface area contributed by atoms with Crippen molar-refractivity contribution in [1.82, 2.24) is 0 Å². The average Bonchev–Trinajstić information content (AvgIpc) is 3.55. The number of hydrogen-bond donors (Lipinski definition) is 0. The molecule has 0 fully saturated rings. The summed E-state index contributed by atoms with van der Waals surface area (Å²) in [5.41, 5.74) is 19.1. The molecule has 4 bridgehead atoms. The van der Waals surface area contributed by atoms with Crippen molar-refractivity contribution in [3.63, 3.8) is 0 Å². The van der Waals surface area contributed by atoms with E-state index in [4.69, 9.17) is 0 Å². The molecule has 0 aromatic heterocycles. The van der Waals surface area contributed by atoms with E-state index < -0.39 is 28.4 Å². The molecule has 244 valence electrons. The summed E-state index contributed by atoms with van der Waals surface area (Å²) < 4.78 is 1.27. The van der Waals surface area contributed by atoms with Crippen LogP contribution < -0.4 is 0 Å². The van der Waals surface area contributed by atoms with Crippen molar-refractivity contribution in [1.29, 1.82) is 0 Å². The Hall–Kier alpha value is -2.66. The first-order valence-corrected chi connectivity index (χ1v) is 23.4. The summed E-state index contributed by atoms with van der Waals surface area (Å²) in [5, 5.41) is 3.58. The molecule has 3 aliphatic rings. The van der Waals surface area contributed by atoms with Gasteiger partial charge in [0.1, 0.15) is 8.07 Å². The van der Waals surface area contributed by atoms with Crippen LogP contribution in [0.4, 0.5) is 0 Å². The van der Waals surface area contributed by atoms with Crippen LogP contribution in [-0.2, 0) is 10.8 Å². The summed E-state index contributed by atoms with van der Waals surface area (Å²) in [6.45, 7) is 24.2. The third-order valence-corrected chi connectivity index (χ3v) is 18.3. The number of rotatable bonds is 6. The Kier molecular flexibility index (Phi) is 8.66. The first-order chi connectivity index (χ1) is 22.8. The second-order valence-corrected chi connectivity index (χ2v) is 23.8. The fraction of sp³-hybridized carbons (Fsp3) is 0.391. The quantitative estimate of drug-likeness (QED) is 0.181. The monoisotopic (exact) mass is 658 g/mol. The van der Waals surface area contributed by atoms with Gasteiger partial charge >= 0.3 is 20.4 Å². The van der Waals surface area contributed by atoms with Gasteiger partial charge in [0, 0.05) is 0 Å². The summed E-state index contributed by atoms with van der Waals surface area (Å²) >= 11 is -0.574. The van der Waals surface area contributed by atoms with Gasteiger partial charge in [0.05, 0.1) is 0 Å². The highest BCUT2D eigenvalue weighted by molar-refractivity contribution is 7.09. The van der Waals surface area contributed by atoms with E-state index in [0.29, 0.717) is 8.09 Å². The van der Waals surface area contributed by atoms with Gasteiger partial charge in [-0.1, -0.05) is 197 Å². The van der Waals surface area contributed by atoms with E-state index in [1.807, 2.05) is 11.1 Å². The summed E-state index contributed by atoms with van der Waals surface area (Å²) in [5.74, 6) is 0. The molecule has 2 unspecified atom stereocenters. The standard InChI is InChI=1S/C46H54Si.Mg/c1-11-15-35-29-33-17-13-19-39(31-21-25-37(26-22-31)45(3,4)5)41(33)43(35)47(9,10)44-36(16-12-2)30-34-18-14-20-40(42(34)44)32-23-27-38(28-24-32)46(6,7)8;/h13-14,17-30H,11-12,15-16H2,1-10H3;. The number of benzene rings is 4. The molecule has 2 atom stereocenters. The van der Waals surface area contributed by atoms with Gasteiger partial charge in [-0.25, -0.2) is 0 Å². The van der Waals surface area contributed by atoms with Gasteiger partial charge in [0.25, 0.3) is 0 Å². The van der Waals surface area contributed by atoms with Crippen LogP contribution in [0.3, 0.4) is 0 Å². The van der Waals surface area contributed by atoms with E-state index in [1.54, 1.807) is 32.6 Å². The number of fused-ring (bicyclic) bond motifs is 8. The van der Waals surface area contributed by atoms with Gasteiger partial charge in [0.2, 0.25) is 0 Å². The van der Waals surface area contributed by atoms with Gasteiger partial charge in [-0.15, -0.1) is 0 Å². The van der Waals surface area contributed by atoms with Crippen LogP contribution in [-0.4, -0.2) is 28.4 Å². The van der Waals surface area contributed by atoms with Crippen LogP contribution in [0.15, 0.2) is 96.1 Å². The molecule has 0 nitrogen and oxygen atoms in total. The molecule has 0 radical (unpaired) electrons. The SMILES string of the molecule is CCCC1=C2c3c(-c4ccc(C(C)(C)C)cc4)cccc3[CH]1[Mg][CH]1C(CCC)=C(c3c(-c4ccc(C(C)(C)C)cc4)cccc31)[Si]2(C)C. The maximum atomic E-state index is 2.73. The Balaban J connectivity index is 1.46. The summed E-state index contributed by atoms with van der Waals surface area (Å²) in [7, 11) is -2.18. The predicted octanol–water partition coefficient (Wildman–Crippen LogP) is 13.0. The molecule has 48 heavy (non-hydrogen) atoms. The van der Waals surface area contributed by atoms with Crippen molar-refractivity contribution in [3.8, 4) is 22.3 Å². The summed E-state index contributed by atoms with van der Waals surface area (Å²) in [4.78, 5) is 0. The molecule has 4 aromatic rings. The minimum atomic E-state index is -2.18. The second-order valence-electron chi connectivity index (χ2n) is 17.5. The lowest BCUT2D eigenvalue weighted by molar-refractivity contribution is 0.590. The largest absolute Gasteiger partial charge is 0.400 e. The van der Waals surface area contributed by atoms with Crippen LogP contribution in [0.1, 0.15) is 123 Å². The smallest absolute Gasteiger partial charge is 0.0893 e. The van der Waals surface area contributed by atoms with Crippen molar-refractivity contribution in [2.45, 2.75) is 113 Å². The summed E-state index contributed by atoms with van der Waals surface area (Å²) in [6.07, 6.45) is 4.92. The highest BCUT2D eigenvalue weighted by atomic mass is 28.3. The first-order valence-electron chi connectivity index (χ1n) is 18.7. The highest BCUT2D eigenvalue weighted by Gasteiger charge is 2.51. The van der Waals surface area contributed by atoms with Crippen LogP contribution in [0, 0.1) is 0 Å². The molecule has 7 rings (SSSR count). The van der Waals surface area contributed by atoms with Crippen LogP contribution in [0.25, 0.3) is 32.6 Å². The van der Waals surface area contributed by atoms with E-state index in [0.717, 1.165) is 0 Å². The fourth-order valence-corrected chi connectivity index (χ4v) is 17.3. The maximum Gasteiger partial charge on any atom is 0.400 e. The van der Waals surface area contributed by atoms with Crippen LogP contribution in [0.5, 0.6) is 0 Å². The van der Waals surface area contributed by atoms with E-state index in [-0.39, 0.29) is 10.8 Å². The van der Waals surface area contributed by atoms with Crippen molar-refractivity contribution in [3.05, 3.63) is 129 Å². The molecule has 0 amide bonds. The Labute approximate surface area is 301 Å². The minimum absolute atomic E-state index is 0.153. The molecule has 0 saturated carbocycles. The molecule has 0 N–H and O–H groups in total. The van der Waals surface area contributed by atoms with Gasteiger partial charge in [-0.05, 0) is 78.6 Å². The van der Waals surface area contributed by atoms with Crippen LogP contribution in [0.2, 0.25) is 13.1 Å². The maximum absolute atomic E-state index is 2.73. The average molecular weight is 659 g/mol. The fourth-order valence-electron chi connectivity index (χ4n) is 9.57. The Morgan fingerprint density at radius 1 is 0.542 bits per heavy atom. The van der Waals surface area contributed by atoms with Crippen molar-refractivity contribution in [2.75, 3.05) is 0 Å². The summed E-state index contributed by atoms with van der Waals surface area (Å²) in [6, 6.07) is 33.9. The number of allylic oxidation sites excluding steroid dienone is 2. The molecule has 2 heteroatoms. The van der Waals surface area contributed by atoms with Crippen molar-refractivity contribution >= 4 is 38.8 Å². The van der Waals surface area contributed by atoms with E-state index in [2.05, 4.69) is 153 Å². The lowest BCUT2D eigenvalue weighted by atomic mass is 9.86. The third kappa shape index (κ3) is 5.46. The molecule has 4 aromatic carbocycles. The zero-order valence-corrected chi connectivity index (χ0v) is 33.7. The lowest BCUT2D eigenvalue weighted by Gasteiger charge is -2.34. The molecule has 0 saturated heterocycles. The van der Waals surface area contributed by atoms with Crippen molar-refractivity contribution < 1.29 is 0 Å². The molecular formula is C46H54MgSi. The topological polar surface area (TPSA) is 0 Å². The van der Waals surface area contributed by atoms with Crippen LogP contribution >= 0.6 is 0 Å². The number of hydrogen-bond acceptors (Lipinski definition) is 0. The first kappa shape index (κ1) is 33.8. The molecular weight excluding hydrogens is 605 g/mol. The zero-order chi connectivity index (χ0) is 34.2. The zero-order valence-electron chi connectivity index (χ0n) is 31.3. The van der Waals surface area contributed by atoms with Gasteiger partial charge in [-0.3, -0.25) is 0 Å². The van der Waals surface area contributed by atoms with E-state index >= 15 is 0 Å². The molecule has 1 heterocycles. The molecule has 1 aliphatic heterocycles. The molecule has 0 spiro atoms. The third-order valence-electron chi connectivity index (χ3n) is 11.8. The normalized spacial score (nSPS) is 19.4. The Morgan fingerprint density at radius 3 is 1.25 bits per heavy atom. The van der Waals surface area contributed by atoms with Crippen molar-refractivity contribution in [2.24, 2.45) is 0 Å². The predicted molar refractivity (Wildman–Crippen MR) is 214 cm³/mol. The van der Waals surface area contributed by atoms with E-state index in [9.17, 15) is 0 Å². The van der Waals surface area contributed by atoms with Gasteiger partial charge in [0.15, 0.2) is 0 Å². The van der Waals surface area contributed by atoms with E-state index in [1.165, 1.54) is 59.1 Å². The minimum Gasteiger partial charge on any atom is -0.0893 e. The Bertz CT molecular complexity index is 1800.